The summed E-state index contributed by atoms with van der Waals surface area (Å²) < 4.78 is 8.70. The maximum Gasteiger partial charge on any atom is 0.163 e. The Labute approximate surface area is 195 Å². The van der Waals surface area contributed by atoms with Crippen LogP contribution in [0.2, 0.25) is 5.02 Å². The van der Waals surface area contributed by atoms with Crippen LogP contribution in [0.3, 0.4) is 0 Å². The van der Waals surface area contributed by atoms with Gasteiger partial charge in [0.1, 0.15) is 11.8 Å². The van der Waals surface area contributed by atoms with Gasteiger partial charge in [-0.25, -0.2) is 4.98 Å². The second kappa shape index (κ2) is 8.31. The van der Waals surface area contributed by atoms with E-state index in [0.717, 1.165) is 45.9 Å². The number of aryl methyl sites for hydroxylation is 2. The van der Waals surface area contributed by atoms with E-state index in [0.29, 0.717) is 5.02 Å². The van der Waals surface area contributed by atoms with Crippen LogP contribution in [0, 0.1) is 26.7 Å². The van der Waals surface area contributed by atoms with Crippen molar-refractivity contribution in [3.05, 3.63) is 51.8 Å². The van der Waals surface area contributed by atoms with E-state index in [1.165, 1.54) is 24.1 Å². The van der Waals surface area contributed by atoms with Crippen molar-refractivity contribution in [3.63, 3.8) is 0 Å². The SMILES string of the molecule is CC(=O)[C@H](OC(C)(C)C)c1c(C)nc2c(c(C)c(C)n2CC2CC2)c1-c1ccc(Cl)cc1. The number of carbonyl (C=O) groups excluding carboxylic acids is 1. The number of benzene rings is 1. The monoisotopic (exact) mass is 452 g/mol. The van der Waals surface area contributed by atoms with Gasteiger partial charge in [0.05, 0.1) is 5.60 Å². The van der Waals surface area contributed by atoms with Crippen molar-refractivity contribution in [2.75, 3.05) is 0 Å². The minimum atomic E-state index is -0.691. The molecule has 0 aliphatic heterocycles. The first-order valence-electron chi connectivity index (χ1n) is 11.4. The number of nitrogens with zero attached hydrogens (tertiary/aromatic N) is 2. The lowest BCUT2D eigenvalue weighted by Crippen LogP contribution is -2.27. The van der Waals surface area contributed by atoms with Crippen LogP contribution in [0.15, 0.2) is 24.3 Å². The Hall–Kier alpha value is -2.17. The first-order valence-corrected chi connectivity index (χ1v) is 11.8. The molecule has 32 heavy (non-hydrogen) atoms. The highest BCUT2D eigenvalue weighted by Gasteiger charge is 2.32. The first kappa shape index (κ1) is 23.0. The van der Waals surface area contributed by atoms with Gasteiger partial charge in [0.25, 0.3) is 0 Å². The molecule has 1 aliphatic rings. The van der Waals surface area contributed by atoms with Crippen molar-refractivity contribution in [1.82, 2.24) is 9.55 Å². The molecule has 2 heterocycles. The Morgan fingerprint density at radius 2 is 1.81 bits per heavy atom. The third-order valence-electron chi connectivity index (χ3n) is 6.36. The van der Waals surface area contributed by atoms with E-state index < -0.39 is 11.7 Å². The number of aromatic nitrogens is 2. The molecule has 0 radical (unpaired) electrons. The number of rotatable bonds is 6. The van der Waals surface area contributed by atoms with E-state index in [9.17, 15) is 4.79 Å². The average Bonchev–Trinajstić information content (AvgIpc) is 3.49. The predicted octanol–water partition coefficient (Wildman–Crippen LogP) is 7.14. The lowest BCUT2D eigenvalue weighted by Gasteiger charge is -2.29. The van der Waals surface area contributed by atoms with Crippen LogP contribution in [0.4, 0.5) is 0 Å². The molecule has 0 spiro atoms. The second-order valence-corrected chi connectivity index (χ2v) is 10.6. The highest BCUT2D eigenvalue weighted by molar-refractivity contribution is 6.30. The Morgan fingerprint density at radius 1 is 1.19 bits per heavy atom. The van der Waals surface area contributed by atoms with Crippen LogP contribution < -0.4 is 0 Å². The minimum Gasteiger partial charge on any atom is -0.360 e. The van der Waals surface area contributed by atoms with E-state index in [1.54, 1.807) is 6.92 Å². The van der Waals surface area contributed by atoms with Crippen LogP contribution in [0.5, 0.6) is 0 Å². The van der Waals surface area contributed by atoms with Gasteiger partial charge in [-0.05, 0) is 90.5 Å². The maximum atomic E-state index is 12.9. The number of fused-ring (bicyclic) bond motifs is 1. The van der Waals surface area contributed by atoms with E-state index in [-0.39, 0.29) is 5.78 Å². The fourth-order valence-corrected chi connectivity index (χ4v) is 4.64. The standard InChI is InChI=1S/C27H33ClN2O2/c1-15-17(3)30(14-19-8-9-19)26-22(15)24(20-10-12-21(28)13-11-20)23(16(2)29-26)25(18(4)31)32-27(5,6)7/h10-13,19,25H,8-9,14H2,1-7H3/t25-/m0/s1. The van der Waals surface area contributed by atoms with Gasteiger partial charge in [0, 0.05) is 39.5 Å². The van der Waals surface area contributed by atoms with E-state index in [1.807, 2.05) is 52.0 Å². The number of hydrogen-bond donors (Lipinski definition) is 0. The predicted molar refractivity (Wildman–Crippen MR) is 131 cm³/mol. The van der Waals surface area contributed by atoms with E-state index in [4.69, 9.17) is 21.3 Å². The average molecular weight is 453 g/mol. The van der Waals surface area contributed by atoms with Crippen molar-refractivity contribution < 1.29 is 9.53 Å². The molecule has 0 N–H and O–H groups in total. The summed E-state index contributed by atoms with van der Waals surface area (Å²) in [5, 5.41) is 1.79. The molecule has 0 amide bonds. The Balaban J connectivity index is 2.08. The molecule has 1 aliphatic carbocycles. The highest BCUT2D eigenvalue weighted by atomic mass is 35.5. The van der Waals surface area contributed by atoms with Crippen LogP contribution in [-0.4, -0.2) is 20.9 Å². The molecule has 3 aromatic rings. The smallest absolute Gasteiger partial charge is 0.163 e. The zero-order valence-electron chi connectivity index (χ0n) is 20.2. The number of ether oxygens (including phenoxy) is 1. The molecule has 0 unspecified atom stereocenters. The summed E-state index contributed by atoms with van der Waals surface area (Å²) in [5.74, 6) is 0.713. The molecule has 1 aromatic carbocycles. The van der Waals surface area contributed by atoms with Crippen molar-refractivity contribution in [3.8, 4) is 11.1 Å². The van der Waals surface area contributed by atoms with Gasteiger partial charge in [-0.3, -0.25) is 4.79 Å². The van der Waals surface area contributed by atoms with Gasteiger partial charge in [-0.1, -0.05) is 23.7 Å². The Morgan fingerprint density at radius 3 is 2.34 bits per heavy atom. The Kier molecular flexibility index (Phi) is 5.98. The molecule has 1 fully saturated rings. The lowest BCUT2D eigenvalue weighted by atomic mass is 9.90. The van der Waals surface area contributed by atoms with Gasteiger partial charge in [0.15, 0.2) is 5.78 Å². The van der Waals surface area contributed by atoms with Gasteiger partial charge in [0.2, 0.25) is 0 Å². The third-order valence-corrected chi connectivity index (χ3v) is 6.61. The van der Waals surface area contributed by atoms with Gasteiger partial charge >= 0.3 is 0 Å². The number of ketones is 1. The second-order valence-electron chi connectivity index (χ2n) is 10.2. The van der Waals surface area contributed by atoms with Crippen LogP contribution in [0.25, 0.3) is 22.2 Å². The maximum absolute atomic E-state index is 12.9. The number of carbonyl (C=O) groups is 1. The van der Waals surface area contributed by atoms with E-state index >= 15 is 0 Å². The summed E-state index contributed by atoms with van der Waals surface area (Å²) >= 11 is 6.22. The largest absolute Gasteiger partial charge is 0.360 e. The molecular formula is C27H33ClN2O2. The molecule has 2 aromatic heterocycles. The number of hydrogen-bond acceptors (Lipinski definition) is 3. The molecule has 1 saturated carbocycles. The van der Waals surface area contributed by atoms with Gasteiger partial charge in [-0.15, -0.1) is 0 Å². The molecule has 0 bridgehead atoms. The molecule has 4 nitrogen and oxygen atoms in total. The van der Waals surface area contributed by atoms with Crippen molar-refractivity contribution >= 4 is 28.4 Å². The third kappa shape index (κ3) is 4.35. The Bertz CT molecular complexity index is 1180. The summed E-state index contributed by atoms with van der Waals surface area (Å²) in [7, 11) is 0. The van der Waals surface area contributed by atoms with Gasteiger partial charge in [-0.2, -0.15) is 0 Å². The summed E-state index contributed by atoms with van der Waals surface area (Å²) in [5.41, 5.74) is 6.71. The fourth-order valence-electron chi connectivity index (χ4n) is 4.51. The van der Waals surface area contributed by atoms with Gasteiger partial charge < -0.3 is 9.30 Å². The summed E-state index contributed by atoms with van der Waals surface area (Å²) in [4.78, 5) is 18.0. The zero-order valence-corrected chi connectivity index (χ0v) is 20.9. The highest BCUT2D eigenvalue weighted by Crippen LogP contribution is 2.43. The van der Waals surface area contributed by atoms with E-state index in [2.05, 4.69) is 18.4 Å². The number of Topliss-reactive ketones (excluding diaryl/α,β-unsaturated/α-hetero) is 1. The molecular weight excluding hydrogens is 420 g/mol. The van der Waals surface area contributed by atoms with Crippen molar-refractivity contribution in [1.29, 1.82) is 0 Å². The summed E-state index contributed by atoms with van der Waals surface area (Å²) in [6, 6.07) is 7.86. The molecule has 1 atom stereocenters. The van der Waals surface area contributed by atoms with Crippen LogP contribution >= 0.6 is 11.6 Å². The van der Waals surface area contributed by atoms with Crippen LogP contribution in [-0.2, 0) is 16.1 Å². The molecule has 0 saturated heterocycles. The molecule has 5 heteroatoms. The number of pyridine rings is 1. The zero-order chi connectivity index (χ0) is 23.4. The fraction of sp³-hybridized carbons (Fsp3) is 0.481. The summed E-state index contributed by atoms with van der Waals surface area (Å²) in [6.07, 6.45) is 1.87. The quantitative estimate of drug-likeness (QED) is 0.399. The molecule has 170 valence electrons. The minimum absolute atomic E-state index is 0.0221. The topological polar surface area (TPSA) is 44.1 Å². The lowest BCUT2D eigenvalue weighted by molar-refractivity contribution is -0.138. The normalized spacial score (nSPS) is 15.4. The van der Waals surface area contributed by atoms with Crippen molar-refractivity contribution in [2.24, 2.45) is 5.92 Å². The van der Waals surface area contributed by atoms with Crippen molar-refractivity contribution in [2.45, 2.75) is 79.6 Å². The summed E-state index contributed by atoms with van der Waals surface area (Å²) in [6.45, 7) is 14.9. The first-order chi connectivity index (χ1) is 15.0. The number of halogens is 1. The van der Waals surface area contributed by atoms with Crippen LogP contribution in [0.1, 0.15) is 69.2 Å². The molecule has 4 rings (SSSR count).